The quantitative estimate of drug-likeness (QED) is 0.364. The first-order valence-electron chi connectivity index (χ1n) is 2.85. The summed E-state index contributed by atoms with van der Waals surface area (Å²) in [6, 6.07) is 0. The van der Waals surface area contributed by atoms with E-state index in [2.05, 4.69) is 6.58 Å². The molecule has 0 saturated heterocycles. The zero-order valence-electron chi connectivity index (χ0n) is 5.83. The van der Waals surface area contributed by atoms with Crippen LogP contribution in [0.4, 0.5) is 0 Å². The molecule has 0 aliphatic rings. The van der Waals surface area contributed by atoms with E-state index in [1.807, 2.05) is 0 Å². The van der Waals surface area contributed by atoms with Crippen LogP contribution in [0.25, 0.3) is 0 Å². The minimum absolute atomic E-state index is 0.0418. The fraction of sp³-hybridized carbons (Fsp3) is 0.286. The summed E-state index contributed by atoms with van der Waals surface area (Å²) in [7, 11) is 0. The second kappa shape index (κ2) is 4.61. The van der Waals surface area contributed by atoms with Crippen LogP contribution in [0.2, 0.25) is 0 Å². The molecule has 0 fully saturated rings. The highest BCUT2D eigenvalue weighted by Gasteiger charge is 2.04. The molecule has 0 rings (SSSR count). The van der Waals surface area contributed by atoms with Crippen molar-refractivity contribution in [3.63, 3.8) is 0 Å². The molecule has 0 bridgehead atoms. The zero-order valence-corrected chi connectivity index (χ0v) is 5.83. The predicted octanol–water partition coefficient (Wildman–Crippen LogP) is 1.18. The first kappa shape index (κ1) is 8.75. The molecule has 0 unspecified atom stereocenters. The van der Waals surface area contributed by atoms with Crippen molar-refractivity contribution in [1.82, 2.24) is 0 Å². The first-order valence-corrected chi connectivity index (χ1v) is 2.85. The molecule has 0 heterocycles. The van der Waals surface area contributed by atoms with Crippen molar-refractivity contribution < 1.29 is 14.6 Å². The molecule has 3 heteroatoms. The Morgan fingerprint density at radius 1 is 1.80 bits per heavy atom. The van der Waals surface area contributed by atoms with Crippen LogP contribution in [0, 0.1) is 0 Å². The minimum Gasteiger partial charge on any atom is -0.483 e. The van der Waals surface area contributed by atoms with Crippen molar-refractivity contribution in [3.05, 3.63) is 24.5 Å². The van der Waals surface area contributed by atoms with E-state index in [0.29, 0.717) is 0 Å². The van der Waals surface area contributed by atoms with Gasteiger partial charge in [-0.3, -0.25) is 0 Å². The Morgan fingerprint density at radius 2 is 2.40 bits per heavy atom. The smallest absolute Gasteiger partial charge is 0.370 e. The van der Waals surface area contributed by atoms with Crippen LogP contribution < -0.4 is 0 Å². The predicted molar refractivity (Wildman–Crippen MR) is 37.5 cm³/mol. The molecule has 0 aliphatic carbocycles. The molecule has 0 radical (unpaired) electrons. The van der Waals surface area contributed by atoms with E-state index in [4.69, 9.17) is 9.84 Å². The van der Waals surface area contributed by atoms with Crippen LogP contribution in [0.15, 0.2) is 24.5 Å². The van der Waals surface area contributed by atoms with Crippen molar-refractivity contribution in [2.24, 2.45) is 0 Å². The maximum Gasteiger partial charge on any atom is 0.370 e. The van der Waals surface area contributed by atoms with Gasteiger partial charge in [0.05, 0.1) is 0 Å². The third-order valence-electron chi connectivity index (χ3n) is 0.830. The van der Waals surface area contributed by atoms with Gasteiger partial charge in [-0.1, -0.05) is 12.7 Å². The van der Waals surface area contributed by atoms with Crippen LogP contribution in [0.1, 0.15) is 6.92 Å². The fourth-order valence-electron chi connectivity index (χ4n) is 0.417. The molecule has 0 spiro atoms. The van der Waals surface area contributed by atoms with Crippen LogP contribution in [0.3, 0.4) is 0 Å². The van der Waals surface area contributed by atoms with Crippen molar-refractivity contribution in [2.45, 2.75) is 6.92 Å². The molecular weight excluding hydrogens is 132 g/mol. The van der Waals surface area contributed by atoms with Gasteiger partial charge in [-0.05, 0) is 13.0 Å². The Labute approximate surface area is 59.6 Å². The molecule has 0 saturated carbocycles. The standard InChI is InChI=1S/C7H10O3/c1-3-5-10-6(4-2)7(8)9/h3-4H,1,5H2,2H3,(H,8,9)/b6-4+. The number of rotatable bonds is 4. The Balaban J connectivity index is 3.85. The molecule has 0 aromatic carbocycles. The maximum absolute atomic E-state index is 10.2. The van der Waals surface area contributed by atoms with Gasteiger partial charge in [0.1, 0.15) is 6.61 Å². The van der Waals surface area contributed by atoms with Crippen molar-refractivity contribution in [1.29, 1.82) is 0 Å². The summed E-state index contributed by atoms with van der Waals surface area (Å²) in [6.07, 6.45) is 2.89. The number of allylic oxidation sites excluding steroid dienone is 1. The highest BCUT2D eigenvalue weighted by atomic mass is 16.5. The Morgan fingerprint density at radius 3 is 2.70 bits per heavy atom. The van der Waals surface area contributed by atoms with Crippen LogP contribution >= 0.6 is 0 Å². The monoisotopic (exact) mass is 142 g/mol. The van der Waals surface area contributed by atoms with Gasteiger partial charge >= 0.3 is 5.97 Å². The fourth-order valence-corrected chi connectivity index (χ4v) is 0.417. The van der Waals surface area contributed by atoms with E-state index in [1.54, 1.807) is 6.92 Å². The van der Waals surface area contributed by atoms with E-state index in [1.165, 1.54) is 12.2 Å². The van der Waals surface area contributed by atoms with Crippen LogP contribution in [0.5, 0.6) is 0 Å². The third-order valence-corrected chi connectivity index (χ3v) is 0.830. The summed E-state index contributed by atoms with van der Waals surface area (Å²) in [5, 5.41) is 8.37. The molecule has 0 aromatic rings. The second-order valence-electron chi connectivity index (χ2n) is 1.56. The lowest BCUT2D eigenvalue weighted by atomic mass is 10.5. The average Bonchev–Trinajstić information content (AvgIpc) is 1.89. The van der Waals surface area contributed by atoms with Gasteiger partial charge in [0.2, 0.25) is 0 Å². The van der Waals surface area contributed by atoms with E-state index in [9.17, 15) is 4.79 Å². The molecule has 1 N–H and O–H groups in total. The van der Waals surface area contributed by atoms with E-state index < -0.39 is 5.97 Å². The van der Waals surface area contributed by atoms with Gasteiger partial charge in [-0.2, -0.15) is 0 Å². The van der Waals surface area contributed by atoms with Gasteiger partial charge in [0.15, 0.2) is 5.76 Å². The number of carboxylic acid groups (broad SMARTS) is 1. The lowest BCUT2D eigenvalue weighted by molar-refractivity contribution is -0.136. The topological polar surface area (TPSA) is 46.5 Å². The third kappa shape index (κ3) is 2.91. The minimum atomic E-state index is -1.05. The van der Waals surface area contributed by atoms with E-state index in [0.717, 1.165) is 0 Å². The Bertz CT molecular complexity index is 158. The number of ether oxygens (including phenoxy) is 1. The van der Waals surface area contributed by atoms with Crippen LogP contribution in [-0.2, 0) is 9.53 Å². The number of carboxylic acids is 1. The van der Waals surface area contributed by atoms with E-state index >= 15 is 0 Å². The number of aliphatic carboxylic acids is 1. The number of carbonyl (C=O) groups is 1. The highest BCUT2D eigenvalue weighted by molar-refractivity contribution is 5.84. The largest absolute Gasteiger partial charge is 0.483 e. The molecule has 0 aromatic heterocycles. The average molecular weight is 142 g/mol. The zero-order chi connectivity index (χ0) is 7.98. The molecular formula is C7H10O3. The first-order chi connectivity index (χ1) is 4.72. The Kier molecular flexibility index (Phi) is 4.04. The van der Waals surface area contributed by atoms with Crippen molar-refractivity contribution in [3.8, 4) is 0 Å². The second-order valence-corrected chi connectivity index (χ2v) is 1.56. The summed E-state index contributed by atoms with van der Waals surface area (Å²) in [5.41, 5.74) is 0. The molecule has 0 aliphatic heterocycles. The maximum atomic E-state index is 10.2. The summed E-state index contributed by atoms with van der Waals surface area (Å²) in [6.45, 7) is 5.21. The van der Waals surface area contributed by atoms with Gasteiger partial charge in [-0.25, -0.2) is 4.79 Å². The van der Waals surface area contributed by atoms with Crippen molar-refractivity contribution >= 4 is 5.97 Å². The number of hydrogen-bond acceptors (Lipinski definition) is 2. The summed E-state index contributed by atoms with van der Waals surface area (Å²) >= 11 is 0. The molecule has 0 atom stereocenters. The number of hydrogen-bond donors (Lipinski definition) is 1. The molecule has 3 nitrogen and oxygen atoms in total. The molecule has 10 heavy (non-hydrogen) atoms. The van der Waals surface area contributed by atoms with Crippen molar-refractivity contribution in [2.75, 3.05) is 6.61 Å². The molecule has 0 amide bonds. The van der Waals surface area contributed by atoms with E-state index in [-0.39, 0.29) is 12.4 Å². The summed E-state index contributed by atoms with van der Waals surface area (Å²) < 4.78 is 4.75. The lowest BCUT2D eigenvalue weighted by Gasteiger charge is -2.00. The SMILES string of the molecule is C=CCO/C(=C/C)C(=O)O. The Hall–Kier alpha value is -1.25. The summed E-state index contributed by atoms with van der Waals surface area (Å²) in [4.78, 5) is 10.2. The van der Waals surface area contributed by atoms with Gasteiger partial charge < -0.3 is 9.84 Å². The lowest BCUT2D eigenvalue weighted by Crippen LogP contribution is -2.04. The van der Waals surface area contributed by atoms with Gasteiger partial charge in [0, 0.05) is 0 Å². The highest BCUT2D eigenvalue weighted by Crippen LogP contribution is 1.95. The summed E-state index contributed by atoms with van der Waals surface area (Å²) in [5.74, 6) is -1.09. The van der Waals surface area contributed by atoms with Crippen LogP contribution in [-0.4, -0.2) is 17.7 Å². The van der Waals surface area contributed by atoms with Gasteiger partial charge in [0.25, 0.3) is 0 Å². The normalized spacial score (nSPS) is 10.7. The van der Waals surface area contributed by atoms with Gasteiger partial charge in [-0.15, -0.1) is 0 Å². The molecule has 56 valence electrons.